The average Bonchev–Trinajstić information content (AvgIpc) is 3.42. The molecule has 0 unspecified atom stereocenters. The monoisotopic (exact) mass is 442 g/mol. The molecule has 10 heteroatoms. The Hall–Kier alpha value is -3.95. The van der Waals surface area contributed by atoms with Crippen molar-refractivity contribution in [3.63, 3.8) is 0 Å². The van der Waals surface area contributed by atoms with Gasteiger partial charge in [-0.25, -0.2) is 9.67 Å². The maximum absolute atomic E-state index is 13.2. The number of nitrogens with one attached hydrogen (secondary N) is 1. The first-order valence-electron chi connectivity index (χ1n) is 9.73. The van der Waals surface area contributed by atoms with Gasteiger partial charge in [0.15, 0.2) is 22.9 Å². The smallest absolute Gasteiger partial charge is 0.387 e. The minimum absolute atomic E-state index is 0.0124. The lowest BCUT2D eigenvalue weighted by molar-refractivity contribution is -0.0511. The first kappa shape index (κ1) is 21.3. The van der Waals surface area contributed by atoms with E-state index < -0.39 is 12.5 Å². The van der Waals surface area contributed by atoms with Crippen molar-refractivity contribution in [3.8, 4) is 23.0 Å². The van der Waals surface area contributed by atoms with Crippen LogP contribution in [0.15, 0.2) is 53.3 Å². The molecule has 0 saturated heterocycles. The molecule has 0 fully saturated rings. The number of aromatic nitrogens is 3. The lowest BCUT2D eigenvalue weighted by Crippen LogP contribution is -2.14. The largest absolute Gasteiger partial charge is 0.493 e. The Bertz CT molecular complexity index is 1250. The molecule has 0 aliphatic rings. The van der Waals surface area contributed by atoms with Gasteiger partial charge in [-0.1, -0.05) is 0 Å². The topological polar surface area (TPSA) is 91.4 Å². The minimum Gasteiger partial charge on any atom is -0.493 e. The molecule has 0 radical (unpaired) electrons. The number of fused-ring (bicyclic) bond motifs is 1. The van der Waals surface area contributed by atoms with E-state index in [1.807, 2.05) is 13.8 Å². The van der Waals surface area contributed by atoms with E-state index in [1.165, 1.54) is 31.6 Å². The third kappa shape index (κ3) is 4.11. The molecule has 0 aliphatic heterocycles. The lowest BCUT2D eigenvalue weighted by atomic mass is 10.1. The summed E-state index contributed by atoms with van der Waals surface area (Å²) >= 11 is 0. The van der Waals surface area contributed by atoms with Crippen LogP contribution in [0.4, 0.5) is 14.5 Å². The Morgan fingerprint density at radius 3 is 2.66 bits per heavy atom. The molecule has 3 aromatic heterocycles. The van der Waals surface area contributed by atoms with E-state index in [9.17, 15) is 13.6 Å². The predicted molar refractivity (Wildman–Crippen MR) is 113 cm³/mol. The van der Waals surface area contributed by atoms with E-state index in [4.69, 9.17) is 9.15 Å². The Balaban J connectivity index is 1.75. The van der Waals surface area contributed by atoms with Crippen molar-refractivity contribution in [3.05, 3.63) is 54.4 Å². The Morgan fingerprint density at radius 2 is 2.00 bits per heavy atom. The summed E-state index contributed by atoms with van der Waals surface area (Å²) in [5.41, 5.74) is 1.55. The number of hydrogen-bond acceptors (Lipinski definition) is 6. The zero-order chi connectivity index (χ0) is 22.8. The third-order valence-corrected chi connectivity index (χ3v) is 4.71. The molecule has 0 spiro atoms. The van der Waals surface area contributed by atoms with Crippen LogP contribution in [0.25, 0.3) is 22.5 Å². The minimum atomic E-state index is -3.03. The summed E-state index contributed by atoms with van der Waals surface area (Å²) in [6.07, 6.45) is 3.09. The second-order valence-corrected chi connectivity index (χ2v) is 7.15. The molecule has 0 atom stereocenters. The molecular formula is C22H20F2N4O4. The molecule has 4 aromatic rings. The number of anilines is 1. The van der Waals surface area contributed by atoms with Crippen molar-refractivity contribution in [1.82, 2.24) is 14.8 Å². The number of carbonyl (C=O) groups excluding carboxylic acids is 1. The van der Waals surface area contributed by atoms with Gasteiger partial charge in [-0.15, -0.1) is 0 Å². The number of hydrogen-bond donors (Lipinski definition) is 1. The molecular weight excluding hydrogens is 422 g/mol. The summed E-state index contributed by atoms with van der Waals surface area (Å²) in [5.74, 6) is -0.0480. The Labute approximate surface area is 181 Å². The van der Waals surface area contributed by atoms with Crippen LogP contribution in [0.1, 0.15) is 30.2 Å². The van der Waals surface area contributed by atoms with Gasteiger partial charge in [-0.05, 0) is 44.2 Å². The van der Waals surface area contributed by atoms with Crippen LogP contribution in [0.2, 0.25) is 0 Å². The standard InChI is InChI=1S/C22H20F2N4O4/c1-12(2)28-20-15(11-25-28)14(10-16(27-20)17-5-4-8-31-17)21(29)26-13-6-7-18(30-3)19(9-13)32-22(23)24/h4-12,22H,1-3H3,(H,26,29). The van der Waals surface area contributed by atoms with Crippen molar-refractivity contribution in [2.24, 2.45) is 0 Å². The highest BCUT2D eigenvalue weighted by molar-refractivity contribution is 6.12. The van der Waals surface area contributed by atoms with Crippen LogP contribution in [-0.4, -0.2) is 34.4 Å². The van der Waals surface area contributed by atoms with Gasteiger partial charge in [0.05, 0.1) is 30.5 Å². The first-order valence-corrected chi connectivity index (χ1v) is 9.73. The summed E-state index contributed by atoms with van der Waals surface area (Å²) < 4.78 is 42.1. The highest BCUT2D eigenvalue weighted by Gasteiger charge is 2.20. The second kappa shape index (κ2) is 8.66. The zero-order valence-corrected chi connectivity index (χ0v) is 17.5. The van der Waals surface area contributed by atoms with Gasteiger partial charge >= 0.3 is 6.61 Å². The predicted octanol–water partition coefficient (Wildman–Crippen LogP) is 5.13. The van der Waals surface area contributed by atoms with Crippen LogP contribution >= 0.6 is 0 Å². The number of halogens is 2. The van der Waals surface area contributed by atoms with Gasteiger partial charge in [0, 0.05) is 17.8 Å². The molecule has 0 saturated carbocycles. The number of ether oxygens (including phenoxy) is 2. The number of carbonyl (C=O) groups is 1. The van der Waals surface area contributed by atoms with Gasteiger partial charge < -0.3 is 19.2 Å². The molecule has 1 N–H and O–H groups in total. The van der Waals surface area contributed by atoms with Gasteiger partial charge in [-0.2, -0.15) is 13.9 Å². The molecule has 1 aromatic carbocycles. The number of rotatable bonds is 7. The summed E-state index contributed by atoms with van der Waals surface area (Å²) in [6, 6.07) is 9.30. The van der Waals surface area contributed by atoms with Gasteiger partial charge in [0.2, 0.25) is 0 Å². The quantitative estimate of drug-likeness (QED) is 0.426. The van der Waals surface area contributed by atoms with E-state index in [-0.39, 0.29) is 23.2 Å². The van der Waals surface area contributed by atoms with Crippen LogP contribution in [0, 0.1) is 0 Å². The number of nitrogens with zero attached hydrogens (tertiary/aromatic N) is 3. The van der Waals surface area contributed by atoms with Crippen molar-refractivity contribution >= 4 is 22.6 Å². The molecule has 3 heterocycles. The Morgan fingerprint density at radius 1 is 1.19 bits per heavy atom. The van der Waals surface area contributed by atoms with E-state index in [2.05, 4.69) is 20.1 Å². The van der Waals surface area contributed by atoms with E-state index in [0.717, 1.165) is 0 Å². The molecule has 4 rings (SSSR count). The van der Waals surface area contributed by atoms with Gasteiger partial charge in [0.1, 0.15) is 5.69 Å². The van der Waals surface area contributed by atoms with Crippen molar-refractivity contribution in [2.45, 2.75) is 26.5 Å². The van der Waals surface area contributed by atoms with Gasteiger partial charge in [-0.3, -0.25) is 4.79 Å². The fourth-order valence-electron chi connectivity index (χ4n) is 3.28. The normalized spacial score (nSPS) is 11.3. The van der Waals surface area contributed by atoms with Crippen LogP contribution in [-0.2, 0) is 0 Å². The molecule has 1 amide bonds. The number of furan rings is 1. The number of methoxy groups -OCH3 is 1. The lowest BCUT2D eigenvalue weighted by Gasteiger charge is -2.13. The van der Waals surface area contributed by atoms with E-state index in [0.29, 0.717) is 28.1 Å². The highest BCUT2D eigenvalue weighted by Crippen LogP contribution is 2.32. The van der Waals surface area contributed by atoms with Gasteiger partial charge in [0.25, 0.3) is 5.91 Å². The van der Waals surface area contributed by atoms with E-state index in [1.54, 1.807) is 29.1 Å². The fourth-order valence-corrected chi connectivity index (χ4v) is 3.28. The third-order valence-electron chi connectivity index (χ3n) is 4.71. The number of benzene rings is 1. The summed E-state index contributed by atoms with van der Waals surface area (Å²) in [7, 11) is 1.34. The number of pyridine rings is 1. The Kier molecular flexibility index (Phi) is 5.76. The highest BCUT2D eigenvalue weighted by atomic mass is 19.3. The van der Waals surface area contributed by atoms with Crippen LogP contribution < -0.4 is 14.8 Å². The van der Waals surface area contributed by atoms with E-state index >= 15 is 0 Å². The SMILES string of the molecule is COc1ccc(NC(=O)c2cc(-c3ccco3)nc3c2cnn3C(C)C)cc1OC(F)F. The molecule has 0 bridgehead atoms. The van der Waals surface area contributed by atoms with Crippen LogP contribution in [0.3, 0.4) is 0 Å². The first-order chi connectivity index (χ1) is 15.4. The summed E-state index contributed by atoms with van der Waals surface area (Å²) in [4.78, 5) is 17.8. The maximum atomic E-state index is 13.2. The summed E-state index contributed by atoms with van der Waals surface area (Å²) in [5, 5.41) is 7.62. The van der Waals surface area contributed by atoms with Crippen LogP contribution in [0.5, 0.6) is 11.5 Å². The maximum Gasteiger partial charge on any atom is 0.387 e. The van der Waals surface area contributed by atoms with Crippen molar-refractivity contribution < 1.29 is 27.5 Å². The molecule has 8 nitrogen and oxygen atoms in total. The van der Waals surface area contributed by atoms with Crippen molar-refractivity contribution in [2.75, 3.05) is 12.4 Å². The zero-order valence-electron chi connectivity index (χ0n) is 17.5. The molecule has 0 aliphatic carbocycles. The fraction of sp³-hybridized carbons (Fsp3) is 0.227. The second-order valence-electron chi connectivity index (χ2n) is 7.15. The average molecular weight is 442 g/mol. The van der Waals surface area contributed by atoms with Crippen molar-refractivity contribution in [1.29, 1.82) is 0 Å². The molecule has 32 heavy (non-hydrogen) atoms. The molecule has 166 valence electrons. The summed E-state index contributed by atoms with van der Waals surface area (Å²) in [6.45, 7) is 0.873. The number of alkyl halides is 2. The number of amides is 1.